The monoisotopic (exact) mass is 254 g/mol. The zero-order chi connectivity index (χ0) is 12.3. The lowest BCUT2D eigenvalue weighted by Gasteiger charge is -2.08. The summed E-state index contributed by atoms with van der Waals surface area (Å²) in [7, 11) is 0. The van der Waals surface area contributed by atoms with Crippen LogP contribution >= 0.6 is 11.6 Å². The molecule has 0 aliphatic heterocycles. The van der Waals surface area contributed by atoms with E-state index in [9.17, 15) is 4.79 Å². The Morgan fingerprint density at radius 1 is 1.53 bits per heavy atom. The molecule has 1 fully saturated rings. The second kappa shape index (κ2) is 5.38. The topological polar surface area (TPSA) is 64.4 Å². The SMILES string of the molecule is NC(=O)COc1ccc(CNC2CC2)cc1Cl. The number of primary amides is 1. The van der Waals surface area contributed by atoms with Crippen LogP contribution in [0.1, 0.15) is 18.4 Å². The second-order valence-corrected chi connectivity index (χ2v) is 4.58. The third-order valence-corrected chi connectivity index (χ3v) is 2.83. The Morgan fingerprint density at radius 3 is 2.88 bits per heavy atom. The molecule has 2 rings (SSSR count). The van der Waals surface area contributed by atoms with Gasteiger partial charge in [0.1, 0.15) is 5.75 Å². The van der Waals surface area contributed by atoms with Crippen molar-refractivity contribution in [2.24, 2.45) is 5.73 Å². The van der Waals surface area contributed by atoms with Crippen molar-refractivity contribution in [1.82, 2.24) is 5.32 Å². The number of amides is 1. The maximum absolute atomic E-state index is 10.6. The molecule has 0 spiro atoms. The average molecular weight is 255 g/mol. The largest absolute Gasteiger partial charge is 0.482 e. The maximum Gasteiger partial charge on any atom is 0.255 e. The molecule has 0 bridgehead atoms. The first-order valence-corrected chi connectivity index (χ1v) is 5.96. The molecule has 1 amide bonds. The van der Waals surface area contributed by atoms with Crippen LogP contribution in [0.15, 0.2) is 18.2 Å². The number of nitrogens with two attached hydrogens (primary N) is 1. The molecule has 0 heterocycles. The van der Waals surface area contributed by atoms with E-state index in [0.717, 1.165) is 12.1 Å². The van der Waals surface area contributed by atoms with Gasteiger partial charge in [0.2, 0.25) is 0 Å². The van der Waals surface area contributed by atoms with Gasteiger partial charge in [0.05, 0.1) is 5.02 Å². The van der Waals surface area contributed by atoms with E-state index in [1.165, 1.54) is 12.8 Å². The summed E-state index contributed by atoms with van der Waals surface area (Å²) in [5.41, 5.74) is 6.10. The fraction of sp³-hybridized carbons (Fsp3) is 0.417. The van der Waals surface area contributed by atoms with Crippen molar-refractivity contribution >= 4 is 17.5 Å². The molecule has 1 saturated carbocycles. The number of ether oxygens (including phenoxy) is 1. The van der Waals surface area contributed by atoms with Crippen LogP contribution in [0.3, 0.4) is 0 Å². The number of hydrogen-bond donors (Lipinski definition) is 2. The molecule has 1 aliphatic rings. The first-order chi connectivity index (χ1) is 8.15. The van der Waals surface area contributed by atoms with E-state index in [1.54, 1.807) is 6.07 Å². The number of halogens is 1. The van der Waals surface area contributed by atoms with Gasteiger partial charge in [-0.15, -0.1) is 0 Å². The number of carbonyl (C=O) groups excluding carboxylic acids is 1. The third kappa shape index (κ3) is 3.91. The molecule has 3 N–H and O–H groups in total. The van der Waals surface area contributed by atoms with E-state index in [2.05, 4.69) is 5.32 Å². The predicted molar refractivity (Wildman–Crippen MR) is 66.0 cm³/mol. The molecule has 17 heavy (non-hydrogen) atoms. The zero-order valence-corrected chi connectivity index (χ0v) is 10.2. The Labute approximate surface area is 105 Å². The summed E-state index contributed by atoms with van der Waals surface area (Å²) >= 11 is 6.04. The summed E-state index contributed by atoms with van der Waals surface area (Å²) in [5, 5.41) is 3.90. The van der Waals surface area contributed by atoms with E-state index in [-0.39, 0.29) is 6.61 Å². The summed E-state index contributed by atoms with van der Waals surface area (Å²) in [6, 6.07) is 6.19. The Balaban J connectivity index is 1.92. The highest BCUT2D eigenvalue weighted by Crippen LogP contribution is 2.26. The molecule has 1 aliphatic carbocycles. The minimum absolute atomic E-state index is 0.153. The normalized spacial score (nSPS) is 14.6. The molecular formula is C12H15ClN2O2. The van der Waals surface area contributed by atoms with E-state index in [0.29, 0.717) is 16.8 Å². The van der Waals surface area contributed by atoms with Gasteiger partial charge in [0, 0.05) is 12.6 Å². The number of rotatable bonds is 6. The zero-order valence-electron chi connectivity index (χ0n) is 9.41. The fourth-order valence-electron chi connectivity index (χ4n) is 1.47. The first-order valence-electron chi connectivity index (χ1n) is 5.58. The molecule has 0 atom stereocenters. The van der Waals surface area contributed by atoms with Crippen molar-refractivity contribution in [2.75, 3.05) is 6.61 Å². The van der Waals surface area contributed by atoms with Gasteiger partial charge in [0.25, 0.3) is 5.91 Å². The quantitative estimate of drug-likeness (QED) is 0.808. The van der Waals surface area contributed by atoms with Crippen molar-refractivity contribution in [3.8, 4) is 5.75 Å². The van der Waals surface area contributed by atoms with Crippen LogP contribution in [-0.2, 0) is 11.3 Å². The number of benzene rings is 1. The highest BCUT2D eigenvalue weighted by molar-refractivity contribution is 6.32. The Kier molecular flexibility index (Phi) is 3.86. The number of hydrogen-bond acceptors (Lipinski definition) is 3. The predicted octanol–water partition coefficient (Wildman–Crippen LogP) is 1.46. The number of nitrogens with one attached hydrogen (secondary N) is 1. The van der Waals surface area contributed by atoms with Crippen LogP contribution < -0.4 is 15.8 Å². The van der Waals surface area contributed by atoms with Crippen LogP contribution in [0.25, 0.3) is 0 Å². The van der Waals surface area contributed by atoms with Gasteiger partial charge >= 0.3 is 0 Å². The van der Waals surface area contributed by atoms with E-state index >= 15 is 0 Å². The molecule has 0 unspecified atom stereocenters. The lowest BCUT2D eigenvalue weighted by atomic mass is 10.2. The maximum atomic E-state index is 10.6. The first kappa shape index (κ1) is 12.2. The summed E-state index contributed by atoms with van der Waals surface area (Å²) in [6.45, 7) is 0.653. The molecule has 0 aromatic heterocycles. The molecular weight excluding hydrogens is 240 g/mol. The smallest absolute Gasteiger partial charge is 0.255 e. The Hall–Kier alpha value is -1.26. The van der Waals surface area contributed by atoms with E-state index in [4.69, 9.17) is 22.1 Å². The average Bonchev–Trinajstić information content (AvgIpc) is 3.08. The highest BCUT2D eigenvalue weighted by atomic mass is 35.5. The summed E-state index contributed by atoms with van der Waals surface area (Å²) in [6.07, 6.45) is 2.51. The van der Waals surface area contributed by atoms with Gasteiger partial charge < -0.3 is 15.8 Å². The number of carbonyl (C=O) groups is 1. The van der Waals surface area contributed by atoms with Crippen molar-refractivity contribution in [3.05, 3.63) is 28.8 Å². The van der Waals surface area contributed by atoms with Gasteiger partial charge in [0.15, 0.2) is 6.61 Å². The minimum atomic E-state index is -0.513. The molecule has 0 radical (unpaired) electrons. The van der Waals surface area contributed by atoms with Gasteiger partial charge in [-0.1, -0.05) is 17.7 Å². The van der Waals surface area contributed by atoms with Crippen LogP contribution in [0.2, 0.25) is 5.02 Å². The molecule has 0 saturated heterocycles. The van der Waals surface area contributed by atoms with Gasteiger partial charge in [-0.05, 0) is 30.5 Å². The van der Waals surface area contributed by atoms with Gasteiger partial charge in [-0.2, -0.15) is 0 Å². The Bertz CT molecular complexity index is 419. The molecule has 5 heteroatoms. The van der Waals surface area contributed by atoms with Gasteiger partial charge in [-0.25, -0.2) is 0 Å². The third-order valence-electron chi connectivity index (χ3n) is 2.54. The van der Waals surface area contributed by atoms with Crippen LogP contribution in [0, 0.1) is 0 Å². The molecule has 4 nitrogen and oxygen atoms in total. The molecule has 1 aromatic rings. The van der Waals surface area contributed by atoms with Crippen molar-refractivity contribution in [3.63, 3.8) is 0 Å². The molecule has 92 valence electrons. The van der Waals surface area contributed by atoms with E-state index < -0.39 is 5.91 Å². The minimum Gasteiger partial charge on any atom is -0.482 e. The van der Waals surface area contributed by atoms with Crippen LogP contribution in [0.5, 0.6) is 5.75 Å². The van der Waals surface area contributed by atoms with E-state index in [1.807, 2.05) is 12.1 Å². The summed E-state index contributed by atoms with van der Waals surface area (Å²) in [5.74, 6) is -0.0267. The highest BCUT2D eigenvalue weighted by Gasteiger charge is 2.20. The summed E-state index contributed by atoms with van der Waals surface area (Å²) < 4.78 is 5.16. The second-order valence-electron chi connectivity index (χ2n) is 4.17. The van der Waals surface area contributed by atoms with Crippen molar-refractivity contribution in [1.29, 1.82) is 0 Å². The lowest BCUT2D eigenvalue weighted by Crippen LogP contribution is -2.20. The van der Waals surface area contributed by atoms with Crippen molar-refractivity contribution < 1.29 is 9.53 Å². The summed E-state index contributed by atoms with van der Waals surface area (Å²) in [4.78, 5) is 10.6. The lowest BCUT2D eigenvalue weighted by molar-refractivity contribution is -0.119. The van der Waals surface area contributed by atoms with Gasteiger partial charge in [-0.3, -0.25) is 4.79 Å². The Morgan fingerprint density at radius 2 is 2.29 bits per heavy atom. The van der Waals surface area contributed by atoms with Crippen LogP contribution in [0.4, 0.5) is 0 Å². The fourth-order valence-corrected chi connectivity index (χ4v) is 1.73. The molecule has 1 aromatic carbocycles. The standard InChI is InChI=1S/C12H15ClN2O2/c13-10-5-8(6-15-9-2-3-9)1-4-11(10)17-7-12(14)16/h1,4-5,9,15H,2-3,6-7H2,(H2,14,16). The van der Waals surface area contributed by atoms with Crippen molar-refractivity contribution in [2.45, 2.75) is 25.4 Å². The van der Waals surface area contributed by atoms with Crippen LogP contribution in [-0.4, -0.2) is 18.6 Å².